The van der Waals surface area contributed by atoms with Crippen LogP contribution in [-0.2, 0) is 6.61 Å². The van der Waals surface area contributed by atoms with Crippen molar-refractivity contribution in [2.45, 2.75) is 6.61 Å². The molecule has 0 bridgehead atoms. The quantitative estimate of drug-likeness (QED) is 0.675. The number of rotatable bonds is 5. The highest BCUT2D eigenvalue weighted by Crippen LogP contribution is 2.23. The van der Waals surface area contributed by atoms with Crippen LogP contribution in [0.25, 0.3) is 0 Å². The van der Waals surface area contributed by atoms with E-state index in [4.69, 9.17) is 10.5 Å². The standard InChI is InChI=1S/C14H11FN2O4/c15-12-7-10(5-6-13(12)17(19)20)21-8-9-3-1-2-4-11(9)14(16)18/h1-7H,8H2,(H2,16,18). The van der Waals surface area contributed by atoms with E-state index in [-0.39, 0.29) is 12.4 Å². The smallest absolute Gasteiger partial charge is 0.305 e. The second-order valence-corrected chi connectivity index (χ2v) is 4.18. The van der Waals surface area contributed by atoms with Crippen LogP contribution in [0.5, 0.6) is 5.75 Å². The first kappa shape index (κ1) is 14.4. The normalized spacial score (nSPS) is 10.1. The first-order chi connectivity index (χ1) is 9.99. The van der Waals surface area contributed by atoms with Gasteiger partial charge in [-0.1, -0.05) is 18.2 Å². The Bertz CT molecular complexity index is 703. The Morgan fingerprint density at radius 2 is 2.00 bits per heavy atom. The number of nitrogens with two attached hydrogens (primary N) is 1. The summed E-state index contributed by atoms with van der Waals surface area (Å²) in [6.45, 7) is -0.00361. The molecular weight excluding hydrogens is 279 g/mol. The minimum atomic E-state index is -0.985. The van der Waals surface area contributed by atoms with Gasteiger partial charge >= 0.3 is 5.69 Å². The Morgan fingerprint density at radius 3 is 2.62 bits per heavy atom. The maximum atomic E-state index is 13.4. The average Bonchev–Trinajstić information content (AvgIpc) is 2.45. The first-order valence-corrected chi connectivity index (χ1v) is 5.93. The van der Waals surface area contributed by atoms with Gasteiger partial charge in [-0.05, 0) is 12.1 Å². The van der Waals surface area contributed by atoms with Gasteiger partial charge in [0.05, 0.1) is 4.92 Å². The molecular formula is C14H11FN2O4. The maximum absolute atomic E-state index is 13.4. The van der Waals surface area contributed by atoms with E-state index in [0.29, 0.717) is 11.1 Å². The summed E-state index contributed by atoms with van der Waals surface area (Å²) >= 11 is 0. The van der Waals surface area contributed by atoms with Crippen molar-refractivity contribution in [2.75, 3.05) is 0 Å². The number of nitrogens with zero attached hydrogens (tertiary/aromatic N) is 1. The Kier molecular flexibility index (Phi) is 4.13. The van der Waals surface area contributed by atoms with Crippen LogP contribution in [0.2, 0.25) is 0 Å². The summed E-state index contributed by atoms with van der Waals surface area (Å²) < 4.78 is 18.8. The molecule has 0 radical (unpaired) electrons. The topological polar surface area (TPSA) is 95.5 Å². The fraction of sp³-hybridized carbons (Fsp3) is 0.0714. The maximum Gasteiger partial charge on any atom is 0.305 e. The number of carbonyl (C=O) groups excluding carboxylic acids is 1. The van der Waals surface area contributed by atoms with Gasteiger partial charge in [-0.25, -0.2) is 0 Å². The molecule has 0 aliphatic carbocycles. The van der Waals surface area contributed by atoms with Crippen LogP contribution in [0.3, 0.4) is 0 Å². The number of nitro groups is 1. The predicted octanol–water partition coefficient (Wildman–Crippen LogP) is 2.41. The van der Waals surface area contributed by atoms with Crippen molar-refractivity contribution in [3.05, 3.63) is 69.5 Å². The lowest BCUT2D eigenvalue weighted by atomic mass is 10.1. The zero-order valence-electron chi connectivity index (χ0n) is 10.8. The van der Waals surface area contributed by atoms with Crippen molar-refractivity contribution in [3.8, 4) is 5.75 Å². The van der Waals surface area contributed by atoms with Crippen molar-refractivity contribution in [1.82, 2.24) is 0 Å². The highest BCUT2D eigenvalue weighted by Gasteiger charge is 2.14. The second kappa shape index (κ2) is 6.00. The van der Waals surface area contributed by atoms with Gasteiger partial charge in [-0.2, -0.15) is 4.39 Å². The Labute approximate surface area is 119 Å². The van der Waals surface area contributed by atoms with Gasteiger partial charge in [0.15, 0.2) is 0 Å². The van der Waals surface area contributed by atoms with Gasteiger partial charge in [-0.15, -0.1) is 0 Å². The molecule has 108 valence electrons. The van der Waals surface area contributed by atoms with E-state index in [1.807, 2.05) is 0 Å². The Balaban J connectivity index is 2.16. The minimum absolute atomic E-state index is 0.00361. The zero-order valence-corrected chi connectivity index (χ0v) is 10.8. The van der Waals surface area contributed by atoms with Crippen LogP contribution < -0.4 is 10.5 Å². The molecule has 2 aromatic carbocycles. The summed E-state index contributed by atoms with van der Waals surface area (Å²) in [6.07, 6.45) is 0. The monoisotopic (exact) mass is 290 g/mol. The van der Waals surface area contributed by atoms with Gasteiger partial charge in [-0.3, -0.25) is 14.9 Å². The van der Waals surface area contributed by atoms with Gasteiger partial charge in [0.2, 0.25) is 11.7 Å². The highest BCUT2D eigenvalue weighted by molar-refractivity contribution is 5.94. The van der Waals surface area contributed by atoms with E-state index in [2.05, 4.69) is 0 Å². The molecule has 2 aromatic rings. The number of carbonyl (C=O) groups is 1. The molecule has 0 aliphatic heterocycles. The SMILES string of the molecule is NC(=O)c1ccccc1COc1ccc([N+](=O)[O-])c(F)c1. The lowest BCUT2D eigenvalue weighted by molar-refractivity contribution is -0.387. The summed E-state index contributed by atoms with van der Waals surface area (Å²) in [6, 6.07) is 9.81. The Morgan fingerprint density at radius 1 is 1.29 bits per heavy atom. The van der Waals surface area contributed by atoms with Crippen LogP contribution in [-0.4, -0.2) is 10.8 Å². The molecule has 0 unspecified atom stereocenters. The fourth-order valence-corrected chi connectivity index (χ4v) is 1.77. The van der Waals surface area contributed by atoms with Gasteiger partial charge in [0.25, 0.3) is 0 Å². The summed E-state index contributed by atoms with van der Waals surface area (Å²) in [4.78, 5) is 20.9. The van der Waals surface area contributed by atoms with E-state index in [1.165, 1.54) is 6.07 Å². The number of hydrogen-bond donors (Lipinski definition) is 1. The number of amides is 1. The molecule has 2 N–H and O–H groups in total. The molecule has 7 heteroatoms. The lowest BCUT2D eigenvalue weighted by Crippen LogP contribution is -2.14. The molecule has 2 rings (SSSR count). The van der Waals surface area contributed by atoms with E-state index in [0.717, 1.165) is 12.1 Å². The lowest BCUT2D eigenvalue weighted by Gasteiger charge is -2.09. The molecule has 0 fully saturated rings. The van der Waals surface area contributed by atoms with Crippen LogP contribution >= 0.6 is 0 Å². The third kappa shape index (κ3) is 3.33. The van der Waals surface area contributed by atoms with E-state index in [9.17, 15) is 19.3 Å². The molecule has 0 aromatic heterocycles. The number of ether oxygens (including phenoxy) is 1. The first-order valence-electron chi connectivity index (χ1n) is 5.93. The summed E-state index contributed by atoms with van der Waals surface area (Å²) in [7, 11) is 0. The molecule has 21 heavy (non-hydrogen) atoms. The van der Waals surface area contributed by atoms with Crippen molar-refractivity contribution in [1.29, 1.82) is 0 Å². The van der Waals surface area contributed by atoms with E-state index < -0.39 is 22.3 Å². The number of nitro benzene ring substituents is 1. The fourth-order valence-electron chi connectivity index (χ4n) is 1.77. The van der Waals surface area contributed by atoms with Gasteiger partial charge < -0.3 is 10.5 Å². The molecule has 0 saturated heterocycles. The molecule has 0 heterocycles. The summed E-state index contributed by atoms with van der Waals surface area (Å²) in [5.41, 5.74) is 5.46. The molecule has 1 amide bonds. The van der Waals surface area contributed by atoms with Crippen LogP contribution in [0.4, 0.5) is 10.1 Å². The molecule has 0 atom stereocenters. The largest absolute Gasteiger partial charge is 0.489 e. The van der Waals surface area contributed by atoms with Crippen LogP contribution in [0, 0.1) is 15.9 Å². The molecule has 0 aliphatic rings. The minimum Gasteiger partial charge on any atom is -0.489 e. The van der Waals surface area contributed by atoms with E-state index >= 15 is 0 Å². The van der Waals surface area contributed by atoms with Gasteiger partial charge in [0.1, 0.15) is 12.4 Å². The van der Waals surface area contributed by atoms with E-state index in [1.54, 1.807) is 24.3 Å². The van der Waals surface area contributed by atoms with Crippen molar-refractivity contribution < 1.29 is 18.8 Å². The predicted molar refractivity (Wildman–Crippen MR) is 72.3 cm³/mol. The number of benzene rings is 2. The average molecular weight is 290 g/mol. The summed E-state index contributed by atoms with van der Waals surface area (Å²) in [5, 5.41) is 10.5. The molecule has 0 spiro atoms. The zero-order chi connectivity index (χ0) is 15.4. The molecule has 0 saturated carbocycles. The summed E-state index contributed by atoms with van der Waals surface area (Å²) in [5.74, 6) is -1.46. The molecule has 6 nitrogen and oxygen atoms in total. The van der Waals surface area contributed by atoms with Gasteiger partial charge in [0, 0.05) is 23.3 Å². The second-order valence-electron chi connectivity index (χ2n) is 4.18. The van der Waals surface area contributed by atoms with Crippen LogP contribution in [0.1, 0.15) is 15.9 Å². The van der Waals surface area contributed by atoms with Crippen LogP contribution in [0.15, 0.2) is 42.5 Å². The van der Waals surface area contributed by atoms with Crippen molar-refractivity contribution in [2.24, 2.45) is 5.73 Å². The Hall–Kier alpha value is -2.96. The number of primary amides is 1. The third-order valence-corrected chi connectivity index (χ3v) is 2.79. The highest BCUT2D eigenvalue weighted by atomic mass is 19.1. The third-order valence-electron chi connectivity index (χ3n) is 2.79. The number of halogens is 1. The van der Waals surface area contributed by atoms with Crippen molar-refractivity contribution in [3.63, 3.8) is 0 Å². The number of hydrogen-bond acceptors (Lipinski definition) is 4. The van der Waals surface area contributed by atoms with Crippen molar-refractivity contribution >= 4 is 11.6 Å².